The molecule has 3 aromatic rings. The molecule has 0 aromatic heterocycles. The molecule has 204 valence electrons. The molecule has 39 heavy (non-hydrogen) atoms. The normalized spacial score (nSPS) is 13.2. The second-order valence-corrected chi connectivity index (χ2v) is 9.25. The van der Waals surface area contributed by atoms with Crippen molar-refractivity contribution < 1.29 is 31.9 Å². The highest BCUT2D eigenvalue weighted by atomic mass is 35.5. The molecule has 0 radical (unpaired) electrons. The molecule has 1 fully saturated rings. The standard InChI is InChI=1S/C26H21ClF4N4O3S/c1-38-23-21(30)19(28)18(20(29)22(23)31)24(36)33-26(39)32-16-6-8-17(9-7-16)34-10-12-35(13-11-34)25(37)14-2-4-15(27)5-3-14/h2-9H,10-13H2,1H3,(H2,32,33,36,39). The average molecular weight is 581 g/mol. The minimum Gasteiger partial charge on any atom is -0.491 e. The lowest BCUT2D eigenvalue weighted by Crippen LogP contribution is -2.48. The fraction of sp³-hybridized carbons (Fsp3) is 0.192. The Labute approximate surface area is 231 Å². The molecule has 13 heteroatoms. The monoisotopic (exact) mass is 580 g/mol. The highest BCUT2D eigenvalue weighted by Crippen LogP contribution is 2.29. The molecule has 2 amide bonds. The molecule has 7 nitrogen and oxygen atoms in total. The molecular weight excluding hydrogens is 560 g/mol. The first kappa shape index (κ1) is 28.1. The highest BCUT2D eigenvalue weighted by Gasteiger charge is 2.30. The summed E-state index contributed by atoms with van der Waals surface area (Å²) in [5, 5.41) is 4.88. The van der Waals surface area contributed by atoms with Gasteiger partial charge in [0, 0.05) is 48.1 Å². The van der Waals surface area contributed by atoms with Crippen molar-refractivity contribution in [2.75, 3.05) is 43.5 Å². The van der Waals surface area contributed by atoms with E-state index in [-0.39, 0.29) is 11.0 Å². The molecule has 1 aliphatic heterocycles. The quantitative estimate of drug-likeness (QED) is 0.252. The lowest BCUT2D eigenvalue weighted by Gasteiger charge is -2.36. The van der Waals surface area contributed by atoms with Crippen LogP contribution in [0.4, 0.5) is 28.9 Å². The van der Waals surface area contributed by atoms with Crippen LogP contribution in [0.15, 0.2) is 48.5 Å². The van der Waals surface area contributed by atoms with Crippen molar-refractivity contribution in [2.24, 2.45) is 0 Å². The molecule has 0 atom stereocenters. The van der Waals surface area contributed by atoms with Crippen molar-refractivity contribution in [3.05, 3.63) is 87.9 Å². The number of hydrogen-bond donors (Lipinski definition) is 2. The first-order valence-corrected chi connectivity index (χ1v) is 12.3. The first-order chi connectivity index (χ1) is 18.6. The van der Waals surface area contributed by atoms with E-state index in [0.29, 0.717) is 42.5 Å². The maximum atomic E-state index is 14.2. The second kappa shape index (κ2) is 11.9. The summed E-state index contributed by atoms with van der Waals surface area (Å²) >= 11 is 10.9. The number of halogens is 5. The maximum Gasteiger partial charge on any atom is 0.263 e. The average Bonchev–Trinajstić information content (AvgIpc) is 2.93. The molecule has 0 bridgehead atoms. The number of anilines is 2. The van der Waals surface area contributed by atoms with Gasteiger partial charge in [-0.15, -0.1) is 0 Å². The van der Waals surface area contributed by atoms with Crippen LogP contribution in [0.25, 0.3) is 0 Å². The van der Waals surface area contributed by atoms with Crippen LogP contribution in [0, 0.1) is 23.3 Å². The van der Waals surface area contributed by atoms with Gasteiger partial charge in [0.2, 0.25) is 11.6 Å². The van der Waals surface area contributed by atoms with Crippen molar-refractivity contribution in [3.8, 4) is 5.75 Å². The van der Waals surface area contributed by atoms with Gasteiger partial charge in [-0.2, -0.15) is 8.78 Å². The number of ether oxygens (including phenoxy) is 1. The molecule has 0 saturated carbocycles. The third kappa shape index (κ3) is 6.07. The summed E-state index contributed by atoms with van der Waals surface area (Å²) < 4.78 is 60.5. The van der Waals surface area contributed by atoms with E-state index in [1.165, 1.54) is 0 Å². The van der Waals surface area contributed by atoms with E-state index in [4.69, 9.17) is 23.8 Å². The fourth-order valence-corrected chi connectivity index (χ4v) is 4.35. The van der Waals surface area contributed by atoms with Crippen LogP contribution in [0.3, 0.4) is 0 Å². The first-order valence-electron chi connectivity index (χ1n) is 11.5. The van der Waals surface area contributed by atoms with Crippen molar-refractivity contribution >= 4 is 52.1 Å². The summed E-state index contributed by atoms with van der Waals surface area (Å²) in [6.07, 6.45) is 0. The van der Waals surface area contributed by atoms with Crippen molar-refractivity contribution in [1.29, 1.82) is 0 Å². The number of carbonyl (C=O) groups excluding carboxylic acids is 2. The van der Waals surface area contributed by atoms with Crippen LogP contribution < -0.4 is 20.3 Å². The Kier molecular flexibility index (Phi) is 8.56. The third-order valence-corrected chi connectivity index (χ3v) is 6.49. The van der Waals surface area contributed by atoms with E-state index in [2.05, 4.69) is 15.0 Å². The second-order valence-electron chi connectivity index (χ2n) is 8.41. The smallest absolute Gasteiger partial charge is 0.263 e. The van der Waals surface area contributed by atoms with Gasteiger partial charge in [0.25, 0.3) is 11.8 Å². The summed E-state index contributed by atoms with van der Waals surface area (Å²) in [5.74, 6) is -10.3. The number of benzene rings is 3. The Hall–Kier alpha value is -3.90. The minimum absolute atomic E-state index is 0.0682. The summed E-state index contributed by atoms with van der Waals surface area (Å²) in [6.45, 7) is 2.26. The number of thiocarbonyl (C=S) groups is 1. The van der Waals surface area contributed by atoms with E-state index in [1.54, 1.807) is 53.4 Å². The predicted molar refractivity (Wildman–Crippen MR) is 143 cm³/mol. The number of nitrogens with one attached hydrogen (secondary N) is 2. The van der Waals surface area contributed by atoms with Gasteiger partial charge >= 0.3 is 0 Å². The van der Waals surface area contributed by atoms with Crippen LogP contribution >= 0.6 is 23.8 Å². The Morgan fingerprint density at radius 3 is 1.97 bits per heavy atom. The molecule has 1 heterocycles. The van der Waals surface area contributed by atoms with Crippen molar-refractivity contribution in [3.63, 3.8) is 0 Å². The number of carbonyl (C=O) groups is 2. The van der Waals surface area contributed by atoms with Gasteiger partial charge in [-0.3, -0.25) is 14.9 Å². The van der Waals surface area contributed by atoms with E-state index in [9.17, 15) is 27.2 Å². The Morgan fingerprint density at radius 2 is 1.44 bits per heavy atom. The van der Waals surface area contributed by atoms with Gasteiger partial charge in [0.05, 0.1) is 7.11 Å². The topological polar surface area (TPSA) is 73.9 Å². The fourth-order valence-electron chi connectivity index (χ4n) is 4.02. The Balaban J connectivity index is 1.33. The molecule has 1 aliphatic rings. The van der Waals surface area contributed by atoms with Crippen molar-refractivity contribution in [2.45, 2.75) is 0 Å². The molecular formula is C26H21ClF4N4O3S. The van der Waals surface area contributed by atoms with Gasteiger partial charge < -0.3 is 19.9 Å². The highest BCUT2D eigenvalue weighted by molar-refractivity contribution is 7.80. The largest absolute Gasteiger partial charge is 0.491 e. The van der Waals surface area contributed by atoms with Crippen molar-refractivity contribution in [1.82, 2.24) is 10.2 Å². The molecule has 0 spiro atoms. The summed E-state index contributed by atoms with van der Waals surface area (Å²) in [6, 6.07) is 13.6. The minimum atomic E-state index is -1.91. The Bertz CT molecular complexity index is 1390. The van der Waals surface area contributed by atoms with Crippen LogP contribution in [0.1, 0.15) is 20.7 Å². The zero-order valence-corrected chi connectivity index (χ0v) is 21.9. The van der Waals surface area contributed by atoms with Gasteiger partial charge in [-0.05, 0) is 60.7 Å². The van der Waals surface area contributed by atoms with Gasteiger partial charge in [-0.25, -0.2) is 8.78 Å². The van der Waals surface area contributed by atoms with Crippen LogP contribution in [0.2, 0.25) is 5.02 Å². The number of amides is 2. The molecule has 3 aromatic carbocycles. The zero-order chi connectivity index (χ0) is 28.3. The lowest BCUT2D eigenvalue weighted by molar-refractivity contribution is 0.0746. The van der Waals surface area contributed by atoms with Gasteiger partial charge in [0.15, 0.2) is 22.5 Å². The maximum absolute atomic E-state index is 14.2. The van der Waals surface area contributed by atoms with Gasteiger partial charge in [-0.1, -0.05) is 11.6 Å². The van der Waals surface area contributed by atoms with Gasteiger partial charge in [0.1, 0.15) is 5.56 Å². The molecule has 2 N–H and O–H groups in total. The summed E-state index contributed by atoms with van der Waals surface area (Å²) in [4.78, 5) is 28.9. The predicted octanol–water partition coefficient (Wildman–Crippen LogP) is 4.99. The summed E-state index contributed by atoms with van der Waals surface area (Å²) in [5.41, 5.74) is 0.411. The third-order valence-electron chi connectivity index (χ3n) is 6.03. The number of nitrogens with zero attached hydrogens (tertiary/aromatic N) is 2. The molecule has 4 rings (SSSR count). The molecule has 0 unspecified atom stereocenters. The van der Waals surface area contributed by atoms with E-state index in [1.807, 2.05) is 5.32 Å². The zero-order valence-electron chi connectivity index (χ0n) is 20.4. The molecule has 1 saturated heterocycles. The summed E-state index contributed by atoms with van der Waals surface area (Å²) in [7, 11) is 0.828. The van der Waals surface area contributed by atoms with Crippen LogP contribution in [0.5, 0.6) is 5.75 Å². The number of piperazine rings is 1. The Morgan fingerprint density at radius 1 is 0.872 bits per heavy atom. The SMILES string of the molecule is COc1c(F)c(F)c(C(=O)NC(=S)Nc2ccc(N3CCN(C(=O)c4ccc(Cl)cc4)CC3)cc2)c(F)c1F. The lowest BCUT2D eigenvalue weighted by atomic mass is 10.1. The van der Waals surface area contributed by atoms with Crippen LogP contribution in [-0.4, -0.2) is 55.1 Å². The van der Waals surface area contributed by atoms with E-state index < -0.39 is 40.5 Å². The van der Waals surface area contributed by atoms with E-state index >= 15 is 0 Å². The number of rotatable bonds is 5. The number of methoxy groups -OCH3 is 1. The number of hydrogen-bond acceptors (Lipinski definition) is 5. The van der Waals surface area contributed by atoms with E-state index in [0.717, 1.165) is 12.8 Å². The molecule has 0 aliphatic carbocycles. The van der Waals surface area contributed by atoms with Crippen LogP contribution in [-0.2, 0) is 0 Å².